The van der Waals surface area contributed by atoms with E-state index in [0.717, 1.165) is 31.3 Å². The first-order valence-corrected chi connectivity index (χ1v) is 12.5. The summed E-state index contributed by atoms with van der Waals surface area (Å²) in [6, 6.07) is 8.04. The van der Waals surface area contributed by atoms with Gasteiger partial charge in [-0.3, -0.25) is 19.3 Å². The number of aromatic amines is 1. The van der Waals surface area contributed by atoms with Crippen LogP contribution in [0.15, 0.2) is 38.6 Å². The first kappa shape index (κ1) is 19.8. The van der Waals surface area contributed by atoms with Crippen molar-refractivity contribution in [2.75, 3.05) is 6.54 Å². The van der Waals surface area contributed by atoms with Gasteiger partial charge in [-0.05, 0) is 41.9 Å². The topological polar surface area (TPSA) is 110 Å². The smallest absolute Gasteiger partial charge is 0.305 e. The molecule has 3 fully saturated rings. The van der Waals surface area contributed by atoms with Crippen molar-refractivity contribution >= 4 is 56.8 Å². The highest BCUT2D eigenvalue weighted by atomic mass is 79.9. The number of aliphatic carboxylic acids is 1. The zero-order chi connectivity index (χ0) is 21.6. The van der Waals surface area contributed by atoms with Crippen LogP contribution in [-0.2, 0) is 14.4 Å². The normalized spacial score (nSPS) is 35.3. The van der Waals surface area contributed by atoms with E-state index in [1.165, 1.54) is 11.3 Å². The predicted octanol–water partition coefficient (Wildman–Crippen LogP) is 1.42. The first-order chi connectivity index (χ1) is 14.8. The lowest BCUT2D eigenvalue weighted by atomic mass is 9.68. The van der Waals surface area contributed by atoms with Gasteiger partial charge in [0.15, 0.2) is 0 Å². The largest absolute Gasteiger partial charge is 0.548 e. The van der Waals surface area contributed by atoms with E-state index in [9.17, 15) is 24.3 Å². The van der Waals surface area contributed by atoms with Crippen molar-refractivity contribution in [3.05, 3.63) is 48.8 Å². The Morgan fingerprint density at radius 2 is 1.81 bits per heavy atom. The molecule has 4 aliphatic rings. The number of aromatic nitrogens is 1. The fraction of sp³-hybridized carbons (Fsp3) is 0.429. The number of benzene rings is 1. The van der Waals surface area contributed by atoms with E-state index in [1.54, 1.807) is 11.8 Å². The molecule has 7 atom stereocenters. The lowest BCUT2D eigenvalue weighted by molar-refractivity contribution is -0.305. The molecule has 2 saturated carbocycles. The van der Waals surface area contributed by atoms with E-state index in [4.69, 9.17) is 0 Å². The molecule has 0 spiro atoms. The van der Waals surface area contributed by atoms with E-state index >= 15 is 0 Å². The lowest BCUT2D eigenvalue weighted by Crippen LogP contribution is -2.42. The summed E-state index contributed by atoms with van der Waals surface area (Å²) in [6.45, 7) is -0.677. The van der Waals surface area contributed by atoms with Gasteiger partial charge in [-0.15, -0.1) is 11.8 Å². The number of thiazole rings is 1. The maximum Gasteiger partial charge on any atom is 0.305 e. The van der Waals surface area contributed by atoms with Gasteiger partial charge in [-0.1, -0.05) is 39.4 Å². The molecule has 160 valence electrons. The number of carbonyl (C=O) groups excluding carboxylic acids is 3. The minimum atomic E-state index is -1.42. The molecule has 10 heteroatoms. The number of hydrogen-bond donors (Lipinski definition) is 1. The summed E-state index contributed by atoms with van der Waals surface area (Å²) in [5.41, 5.74) is 1.09. The van der Waals surface area contributed by atoms with Crippen LogP contribution in [0.1, 0.15) is 22.8 Å². The van der Waals surface area contributed by atoms with E-state index in [1.807, 2.05) is 24.3 Å². The van der Waals surface area contributed by atoms with Gasteiger partial charge in [0.1, 0.15) is 0 Å². The molecule has 6 rings (SSSR count). The van der Waals surface area contributed by atoms with Gasteiger partial charge in [0.2, 0.25) is 11.8 Å². The van der Waals surface area contributed by atoms with E-state index < -0.39 is 24.3 Å². The van der Waals surface area contributed by atoms with E-state index in [-0.39, 0.29) is 45.6 Å². The second kappa shape index (κ2) is 6.79. The van der Waals surface area contributed by atoms with E-state index in [0.29, 0.717) is 0 Å². The van der Waals surface area contributed by atoms with Crippen LogP contribution in [-0.4, -0.2) is 39.5 Å². The first-order valence-electron chi connectivity index (χ1n) is 10.1. The number of thioether (sulfide) groups is 1. The fourth-order valence-electron chi connectivity index (χ4n) is 6.41. The summed E-state index contributed by atoms with van der Waals surface area (Å²) in [5.74, 6) is -3.08. The van der Waals surface area contributed by atoms with Gasteiger partial charge in [-0.2, -0.15) is 0 Å². The van der Waals surface area contributed by atoms with Crippen LogP contribution >= 0.6 is 39.0 Å². The molecule has 1 aromatic carbocycles. The van der Waals surface area contributed by atoms with Gasteiger partial charge in [0.25, 0.3) is 0 Å². The maximum absolute atomic E-state index is 13.1. The molecule has 0 radical (unpaired) electrons. The third-order valence-electron chi connectivity index (χ3n) is 7.33. The Hall–Kier alpha value is -1.91. The standard InChI is InChI=1S/C21H17BrN2O5S2/c22-8-3-1-7(2-4-8)12-13-9-5-10(16(13)30-18-17(12)31-21(29)23-18)15-14(9)19(27)24(20(15)28)6-11(25)26/h1-4,9-10,12-16H,5-6H2,(H,23,29)(H,25,26)/p-1/t9-,10-,12-,13-,14+,15+,16-/m0/s1. The molecule has 2 bridgehead atoms. The molecular formula is C21H16BrN2O5S2-. The SMILES string of the molecule is O=C([O-])CN1C(=O)[C@@H]2[C@@H]3C[C@H]([C@H]2C1=O)[C@H]1[C@H](c2ccc(Br)cc2)c2sc(=O)[nH]c2S[C@@H]31. The highest BCUT2D eigenvalue weighted by Gasteiger charge is 2.69. The fourth-order valence-corrected chi connectivity index (χ4v) is 9.56. The highest BCUT2D eigenvalue weighted by molar-refractivity contribution is 9.10. The van der Waals surface area contributed by atoms with Gasteiger partial charge < -0.3 is 14.9 Å². The molecule has 0 unspecified atom stereocenters. The van der Waals surface area contributed by atoms with Gasteiger partial charge in [0, 0.05) is 20.5 Å². The summed E-state index contributed by atoms with van der Waals surface area (Å²) in [4.78, 5) is 54.1. The number of H-pyrrole nitrogens is 1. The number of carboxylic acids is 1. The molecule has 7 nitrogen and oxygen atoms in total. The number of nitrogens with zero attached hydrogens (tertiary/aromatic N) is 1. The molecule has 2 aromatic rings. The minimum Gasteiger partial charge on any atom is -0.548 e. The molecule has 2 aliphatic heterocycles. The Morgan fingerprint density at radius 3 is 2.48 bits per heavy atom. The Morgan fingerprint density at radius 1 is 1.13 bits per heavy atom. The number of nitrogens with one attached hydrogen (secondary N) is 1. The Labute approximate surface area is 193 Å². The van der Waals surface area contributed by atoms with Gasteiger partial charge in [0.05, 0.1) is 29.4 Å². The third-order valence-corrected chi connectivity index (χ3v) is 10.4. The molecule has 31 heavy (non-hydrogen) atoms. The molecule has 1 aromatic heterocycles. The van der Waals surface area contributed by atoms with Crippen LogP contribution < -0.4 is 9.98 Å². The minimum absolute atomic E-state index is 0.0114. The number of rotatable bonds is 3. The number of imide groups is 1. The molecule has 1 N–H and O–H groups in total. The summed E-state index contributed by atoms with van der Waals surface area (Å²) in [7, 11) is 0. The lowest BCUT2D eigenvalue weighted by Gasteiger charge is -2.43. The molecule has 2 amide bonds. The molecule has 3 heterocycles. The van der Waals surface area contributed by atoms with Crippen molar-refractivity contribution in [3.63, 3.8) is 0 Å². The van der Waals surface area contributed by atoms with E-state index in [2.05, 4.69) is 20.9 Å². The average molecular weight is 520 g/mol. The zero-order valence-electron chi connectivity index (χ0n) is 15.9. The van der Waals surface area contributed by atoms with Crippen molar-refractivity contribution in [1.82, 2.24) is 9.88 Å². The van der Waals surface area contributed by atoms with Crippen LogP contribution in [0.2, 0.25) is 0 Å². The average Bonchev–Trinajstić information content (AvgIpc) is 3.44. The molecular weight excluding hydrogens is 504 g/mol. The quantitative estimate of drug-likeness (QED) is 0.614. The summed E-state index contributed by atoms with van der Waals surface area (Å²) < 4.78 is 0.961. The maximum atomic E-state index is 13.1. The van der Waals surface area contributed by atoms with Gasteiger partial charge >= 0.3 is 4.87 Å². The number of hydrogen-bond acceptors (Lipinski definition) is 7. The van der Waals surface area contributed by atoms with Crippen molar-refractivity contribution in [2.24, 2.45) is 29.6 Å². The third kappa shape index (κ3) is 2.70. The number of likely N-dealkylation sites (tertiary alicyclic amines) is 1. The van der Waals surface area contributed by atoms with Crippen molar-refractivity contribution in [2.45, 2.75) is 22.6 Å². The Balaban J connectivity index is 1.45. The van der Waals surface area contributed by atoms with Gasteiger partial charge in [-0.25, -0.2) is 0 Å². The number of halogens is 1. The number of carboxylic acid groups (broad SMARTS) is 1. The van der Waals surface area contributed by atoms with Crippen LogP contribution in [0.3, 0.4) is 0 Å². The van der Waals surface area contributed by atoms with Crippen LogP contribution in [0.5, 0.6) is 0 Å². The van der Waals surface area contributed by atoms with Crippen LogP contribution in [0.4, 0.5) is 0 Å². The number of carbonyl (C=O) groups is 3. The van der Waals surface area contributed by atoms with Crippen molar-refractivity contribution < 1.29 is 19.5 Å². The second-order valence-corrected chi connectivity index (χ2v) is 11.8. The number of fused-ring (bicyclic) bond motifs is 9. The van der Waals surface area contributed by atoms with Crippen molar-refractivity contribution in [3.8, 4) is 0 Å². The predicted molar refractivity (Wildman–Crippen MR) is 114 cm³/mol. The summed E-state index contributed by atoms with van der Waals surface area (Å²) >= 11 is 6.31. The Bertz CT molecular complexity index is 1190. The zero-order valence-corrected chi connectivity index (χ0v) is 19.2. The Kier molecular flexibility index (Phi) is 4.33. The monoisotopic (exact) mass is 519 g/mol. The molecule has 1 saturated heterocycles. The summed E-state index contributed by atoms with van der Waals surface area (Å²) in [6.07, 6.45) is 0.778. The second-order valence-electron chi connectivity index (χ2n) is 8.65. The van der Waals surface area contributed by atoms with Crippen LogP contribution in [0.25, 0.3) is 0 Å². The number of amides is 2. The molecule has 2 aliphatic carbocycles. The highest BCUT2D eigenvalue weighted by Crippen LogP contribution is 2.68. The van der Waals surface area contributed by atoms with Crippen LogP contribution in [0, 0.1) is 29.6 Å². The summed E-state index contributed by atoms with van der Waals surface area (Å²) in [5, 5.41) is 12.1. The van der Waals surface area contributed by atoms with Crippen molar-refractivity contribution in [1.29, 1.82) is 0 Å².